The Bertz CT molecular complexity index is 438. The summed E-state index contributed by atoms with van der Waals surface area (Å²) in [7, 11) is 0. The van der Waals surface area contributed by atoms with Gasteiger partial charge in [-0.1, -0.05) is 0 Å². The van der Waals surface area contributed by atoms with Crippen LogP contribution in [0.5, 0.6) is 0 Å². The van der Waals surface area contributed by atoms with Crippen molar-refractivity contribution >= 4 is 23.8 Å². The fourth-order valence-electron chi connectivity index (χ4n) is 1.57. The highest BCUT2D eigenvalue weighted by atomic mass is 16.7. The first-order valence-electron chi connectivity index (χ1n) is 6.65. The zero-order chi connectivity index (χ0) is 16.2. The van der Waals surface area contributed by atoms with Gasteiger partial charge in [-0.2, -0.15) is 0 Å². The van der Waals surface area contributed by atoms with Gasteiger partial charge in [-0.05, 0) is 27.2 Å². The third-order valence-electron chi connectivity index (χ3n) is 2.57. The quantitative estimate of drug-likeness (QED) is 0.563. The van der Waals surface area contributed by atoms with Gasteiger partial charge in [-0.3, -0.25) is 14.4 Å². The summed E-state index contributed by atoms with van der Waals surface area (Å²) in [6, 6.07) is -0.971. The lowest BCUT2D eigenvalue weighted by atomic mass is 10.1. The predicted octanol–water partition coefficient (Wildman–Crippen LogP) is 0.0428. The van der Waals surface area contributed by atoms with E-state index in [-0.39, 0.29) is 25.7 Å². The second-order valence-corrected chi connectivity index (χ2v) is 5.72. The van der Waals surface area contributed by atoms with E-state index >= 15 is 0 Å². The molecule has 1 saturated heterocycles. The average molecular weight is 300 g/mol. The third kappa shape index (κ3) is 5.50. The summed E-state index contributed by atoms with van der Waals surface area (Å²) in [4.78, 5) is 50.3. The van der Waals surface area contributed by atoms with Crippen molar-refractivity contribution in [2.45, 2.75) is 58.1 Å². The van der Waals surface area contributed by atoms with Crippen LogP contribution in [0.1, 0.15) is 46.5 Å². The lowest BCUT2D eigenvalue weighted by Gasteiger charge is -2.22. The average Bonchev–Trinajstić information content (AvgIpc) is 2.65. The molecule has 1 rings (SSSR count). The number of imide groups is 1. The monoisotopic (exact) mass is 300 g/mol. The van der Waals surface area contributed by atoms with E-state index in [9.17, 15) is 19.2 Å². The summed E-state index contributed by atoms with van der Waals surface area (Å²) in [5, 5.41) is 0.460. The number of hydrogen-bond donors (Lipinski definition) is 1. The largest absolute Gasteiger partial charge is 0.459 e. The van der Waals surface area contributed by atoms with Crippen LogP contribution in [-0.4, -0.2) is 40.5 Å². The molecule has 1 aliphatic heterocycles. The second kappa shape index (κ2) is 6.66. The SMILES string of the molecule is CC(C)(C)OC(=O)[C@@H](N)CCC(=O)ON1C(=O)CCC1=O. The van der Waals surface area contributed by atoms with Gasteiger partial charge in [-0.25, -0.2) is 4.79 Å². The Kier molecular flexibility index (Phi) is 5.42. The molecular formula is C13H20N2O6. The van der Waals surface area contributed by atoms with Gasteiger partial charge in [0.25, 0.3) is 11.8 Å². The standard InChI is InChI=1S/C13H20N2O6/c1-13(2,3)20-12(19)8(14)4-7-11(18)21-15-9(16)5-6-10(15)17/h8H,4-7,14H2,1-3H3/t8-/m0/s1. The van der Waals surface area contributed by atoms with Crippen LogP contribution in [0.15, 0.2) is 0 Å². The van der Waals surface area contributed by atoms with Crippen molar-refractivity contribution in [3.8, 4) is 0 Å². The maximum Gasteiger partial charge on any atom is 0.333 e. The molecule has 0 aliphatic carbocycles. The number of nitrogens with two attached hydrogens (primary N) is 1. The number of carbonyl (C=O) groups is 4. The molecule has 2 N–H and O–H groups in total. The first-order valence-corrected chi connectivity index (χ1v) is 6.65. The molecule has 1 heterocycles. The molecule has 0 spiro atoms. The topological polar surface area (TPSA) is 116 Å². The zero-order valence-electron chi connectivity index (χ0n) is 12.4. The van der Waals surface area contributed by atoms with Gasteiger partial charge < -0.3 is 15.3 Å². The molecule has 0 aromatic rings. The van der Waals surface area contributed by atoms with E-state index in [1.165, 1.54) is 0 Å². The molecule has 0 radical (unpaired) electrons. The third-order valence-corrected chi connectivity index (χ3v) is 2.57. The molecule has 118 valence electrons. The van der Waals surface area contributed by atoms with Gasteiger partial charge >= 0.3 is 11.9 Å². The minimum atomic E-state index is -0.971. The first kappa shape index (κ1) is 17.1. The highest BCUT2D eigenvalue weighted by Crippen LogP contribution is 2.14. The normalized spacial score (nSPS) is 16.9. The Labute approximate surface area is 122 Å². The van der Waals surface area contributed by atoms with Crippen molar-refractivity contribution in [3.63, 3.8) is 0 Å². The van der Waals surface area contributed by atoms with Gasteiger partial charge in [0.15, 0.2) is 0 Å². The van der Waals surface area contributed by atoms with Crippen LogP contribution in [0, 0.1) is 0 Å². The summed E-state index contributed by atoms with van der Waals surface area (Å²) < 4.78 is 5.06. The Hall–Kier alpha value is -1.96. The van der Waals surface area contributed by atoms with Crippen LogP contribution in [0.2, 0.25) is 0 Å². The number of amides is 2. The molecule has 8 heteroatoms. The highest BCUT2D eigenvalue weighted by molar-refractivity contribution is 6.01. The van der Waals surface area contributed by atoms with Gasteiger partial charge in [0.2, 0.25) is 0 Å². The Morgan fingerprint density at radius 1 is 1.24 bits per heavy atom. The minimum absolute atomic E-state index is 0.00394. The minimum Gasteiger partial charge on any atom is -0.459 e. The van der Waals surface area contributed by atoms with Crippen LogP contribution in [0.4, 0.5) is 0 Å². The number of ether oxygens (including phenoxy) is 1. The lowest BCUT2D eigenvalue weighted by Crippen LogP contribution is -2.38. The molecule has 0 aromatic heterocycles. The van der Waals surface area contributed by atoms with Crippen molar-refractivity contribution in [2.24, 2.45) is 5.73 Å². The molecule has 1 fully saturated rings. The fraction of sp³-hybridized carbons (Fsp3) is 0.692. The Morgan fingerprint density at radius 2 is 1.76 bits per heavy atom. The summed E-state index contributed by atoms with van der Waals surface area (Å²) >= 11 is 0. The predicted molar refractivity (Wildman–Crippen MR) is 70.2 cm³/mol. The number of carbonyl (C=O) groups excluding carboxylic acids is 4. The lowest BCUT2D eigenvalue weighted by molar-refractivity contribution is -0.197. The molecule has 0 unspecified atom stereocenters. The van der Waals surface area contributed by atoms with Crippen molar-refractivity contribution in [2.75, 3.05) is 0 Å². The number of rotatable bonds is 5. The van der Waals surface area contributed by atoms with Gasteiger partial charge in [0.1, 0.15) is 11.6 Å². The van der Waals surface area contributed by atoms with Gasteiger partial charge in [0, 0.05) is 12.8 Å². The fourth-order valence-corrected chi connectivity index (χ4v) is 1.57. The number of esters is 1. The smallest absolute Gasteiger partial charge is 0.333 e. The van der Waals surface area contributed by atoms with Gasteiger partial charge in [-0.15, -0.1) is 5.06 Å². The summed E-state index contributed by atoms with van der Waals surface area (Å²) in [6.45, 7) is 5.11. The maximum absolute atomic E-state index is 11.6. The molecule has 0 aromatic carbocycles. The molecule has 21 heavy (non-hydrogen) atoms. The van der Waals surface area contributed by atoms with E-state index in [4.69, 9.17) is 10.5 Å². The van der Waals surface area contributed by atoms with Crippen molar-refractivity contribution in [3.05, 3.63) is 0 Å². The van der Waals surface area contributed by atoms with Crippen LogP contribution in [0.25, 0.3) is 0 Å². The molecule has 8 nitrogen and oxygen atoms in total. The second-order valence-electron chi connectivity index (χ2n) is 5.72. The van der Waals surface area contributed by atoms with Crippen LogP contribution >= 0.6 is 0 Å². The number of nitrogens with zero attached hydrogens (tertiary/aromatic N) is 1. The number of hydroxylamine groups is 2. The zero-order valence-corrected chi connectivity index (χ0v) is 12.4. The van der Waals surface area contributed by atoms with Crippen LogP contribution in [-0.2, 0) is 28.8 Å². The summed E-state index contributed by atoms with van der Waals surface area (Å²) in [5.74, 6) is -2.52. The van der Waals surface area contributed by atoms with Crippen LogP contribution < -0.4 is 5.73 Å². The molecule has 0 saturated carbocycles. The highest BCUT2D eigenvalue weighted by Gasteiger charge is 2.33. The molecule has 0 bridgehead atoms. The van der Waals surface area contributed by atoms with E-state index in [1.807, 2.05) is 0 Å². The Balaban J connectivity index is 2.37. The molecule has 1 aliphatic rings. The first-order chi connectivity index (χ1) is 9.60. The van der Waals surface area contributed by atoms with E-state index in [2.05, 4.69) is 4.84 Å². The molecule has 2 amide bonds. The van der Waals surface area contributed by atoms with Crippen molar-refractivity contribution in [1.82, 2.24) is 5.06 Å². The molecular weight excluding hydrogens is 280 g/mol. The van der Waals surface area contributed by atoms with Crippen molar-refractivity contribution < 1.29 is 28.8 Å². The van der Waals surface area contributed by atoms with E-state index in [1.54, 1.807) is 20.8 Å². The van der Waals surface area contributed by atoms with Crippen molar-refractivity contribution in [1.29, 1.82) is 0 Å². The van der Waals surface area contributed by atoms with E-state index in [0.29, 0.717) is 5.06 Å². The number of hydrogen-bond acceptors (Lipinski definition) is 7. The Morgan fingerprint density at radius 3 is 2.24 bits per heavy atom. The van der Waals surface area contributed by atoms with Crippen LogP contribution in [0.3, 0.4) is 0 Å². The maximum atomic E-state index is 11.6. The summed E-state index contributed by atoms with van der Waals surface area (Å²) in [5.41, 5.74) is 4.94. The van der Waals surface area contributed by atoms with E-state index < -0.39 is 35.4 Å². The summed E-state index contributed by atoms with van der Waals surface area (Å²) in [6.07, 6.45) is -0.130. The van der Waals surface area contributed by atoms with Gasteiger partial charge in [0.05, 0.1) is 6.42 Å². The molecule has 1 atom stereocenters. The van der Waals surface area contributed by atoms with E-state index in [0.717, 1.165) is 0 Å².